The zero-order valence-corrected chi connectivity index (χ0v) is 14.8. The summed E-state index contributed by atoms with van der Waals surface area (Å²) in [6, 6.07) is 13.5. The third kappa shape index (κ3) is 4.03. The van der Waals surface area contributed by atoms with E-state index >= 15 is 0 Å². The maximum atomic E-state index is 12.7. The number of nitrogens with zero attached hydrogens (tertiary/aromatic N) is 1. The van der Waals surface area contributed by atoms with E-state index in [0.29, 0.717) is 11.4 Å². The van der Waals surface area contributed by atoms with Crippen molar-refractivity contribution in [2.75, 3.05) is 11.9 Å². The number of nitrogens with one attached hydrogen (secondary N) is 1. The Bertz CT molecular complexity index is 807. The summed E-state index contributed by atoms with van der Waals surface area (Å²) in [6.07, 6.45) is -1.22. The Labute approximate surface area is 152 Å². The molecule has 0 spiro atoms. The highest BCUT2D eigenvalue weighted by Crippen LogP contribution is 2.23. The molecule has 1 heterocycles. The van der Waals surface area contributed by atoms with E-state index in [1.54, 1.807) is 24.3 Å². The molecule has 0 bridgehead atoms. The van der Waals surface area contributed by atoms with Crippen LogP contribution in [0.4, 0.5) is 10.5 Å². The van der Waals surface area contributed by atoms with Crippen LogP contribution >= 0.6 is 0 Å². The van der Waals surface area contributed by atoms with Gasteiger partial charge in [-0.3, -0.25) is 9.69 Å². The second-order valence-electron chi connectivity index (χ2n) is 6.53. The van der Waals surface area contributed by atoms with Crippen LogP contribution in [0.25, 0.3) is 0 Å². The van der Waals surface area contributed by atoms with Crippen LogP contribution in [-0.4, -0.2) is 40.7 Å². The molecule has 2 N–H and O–H groups in total. The second kappa shape index (κ2) is 7.58. The van der Waals surface area contributed by atoms with E-state index < -0.39 is 18.2 Å². The predicted molar refractivity (Wildman–Crippen MR) is 98.1 cm³/mol. The number of aliphatic hydroxyl groups excluding tert-OH is 1. The fourth-order valence-electron chi connectivity index (χ4n) is 2.96. The molecule has 1 aliphatic rings. The molecule has 2 amide bonds. The summed E-state index contributed by atoms with van der Waals surface area (Å²) in [5, 5.41) is 12.8. The van der Waals surface area contributed by atoms with E-state index in [4.69, 9.17) is 4.74 Å². The molecule has 1 aliphatic heterocycles. The smallest absolute Gasteiger partial charge is 0.410 e. The van der Waals surface area contributed by atoms with Gasteiger partial charge in [-0.1, -0.05) is 24.3 Å². The monoisotopic (exact) mass is 354 g/mol. The molecule has 136 valence electrons. The van der Waals surface area contributed by atoms with Gasteiger partial charge in [0, 0.05) is 12.1 Å². The van der Waals surface area contributed by atoms with Gasteiger partial charge < -0.3 is 15.2 Å². The summed E-state index contributed by atoms with van der Waals surface area (Å²) in [5.74, 6) is 0.0574. The summed E-state index contributed by atoms with van der Waals surface area (Å²) in [7, 11) is 0. The molecular weight excluding hydrogens is 332 g/mol. The molecule has 0 aromatic heterocycles. The highest BCUT2D eigenvalue weighted by Gasteiger charge is 2.40. The third-order valence-corrected chi connectivity index (χ3v) is 4.54. The molecule has 2 aromatic carbocycles. The van der Waals surface area contributed by atoms with Crippen molar-refractivity contribution in [2.45, 2.75) is 32.4 Å². The van der Waals surface area contributed by atoms with Gasteiger partial charge in [0.1, 0.15) is 11.8 Å². The summed E-state index contributed by atoms with van der Waals surface area (Å²) >= 11 is 0. The van der Waals surface area contributed by atoms with Crippen molar-refractivity contribution in [3.8, 4) is 5.75 Å². The zero-order chi connectivity index (χ0) is 18.7. The zero-order valence-electron chi connectivity index (χ0n) is 14.8. The molecule has 1 fully saturated rings. The van der Waals surface area contributed by atoms with Crippen LogP contribution in [-0.2, 0) is 4.79 Å². The molecule has 6 heteroatoms. The highest BCUT2D eigenvalue weighted by molar-refractivity contribution is 5.97. The first-order chi connectivity index (χ1) is 12.4. The van der Waals surface area contributed by atoms with Crippen molar-refractivity contribution in [1.82, 2.24) is 4.90 Å². The number of rotatable bonds is 3. The first kappa shape index (κ1) is 17.9. The number of anilines is 1. The molecule has 3 rings (SSSR count). The molecule has 1 saturated heterocycles. The minimum absolute atomic E-state index is 0.0661. The van der Waals surface area contributed by atoms with E-state index in [9.17, 15) is 14.7 Å². The molecule has 0 unspecified atom stereocenters. The van der Waals surface area contributed by atoms with Gasteiger partial charge in [0.25, 0.3) is 0 Å². The molecule has 0 radical (unpaired) electrons. The number of para-hydroxylation sites is 1. The fraction of sp³-hybridized carbons (Fsp3) is 0.300. The van der Waals surface area contributed by atoms with Gasteiger partial charge in [0.05, 0.1) is 12.6 Å². The number of ether oxygens (including phenoxy) is 1. The van der Waals surface area contributed by atoms with Crippen LogP contribution in [0.5, 0.6) is 5.75 Å². The number of amides is 2. The lowest BCUT2D eigenvalue weighted by atomic mass is 10.1. The molecule has 0 saturated carbocycles. The van der Waals surface area contributed by atoms with Gasteiger partial charge in [0.15, 0.2) is 0 Å². The lowest BCUT2D eigenvalue weighted by Crippen LogP contribution is -2.44. The summed E-state index contributed by atoms with van der Waals surface area (Å²) < 4.78 is 5.31. The summed E-state index contributed by atoms with van der Waals surface area (Å²) in [6.45, 7) is 4.03. The van der Waals surface area contributed by atoms with Crippen LogP contribution in [0.2, 0.25) is 0 Å². The number of carbonyl (C=O) groups is 2. The normalized spacial score (nSPS) is 19.3. The van der Waals surface area contributed by atoms with Gasteiger partial charge in [-0.15, -0.1) is 0 Å². The van der Waals surface area contributed by atoms with Gasteiger partial charge in [-0.2, -0.15) is 0 Å². The number of aliphatic hydroxyl groups is 1. The fourth-order valence-corrected chi connectivity index (χ4v) is 2.96. The molecule has 26 heavy (non-hydrogen) atoms. The Morgan fingerprint density at radius 3 is 2.54 bits per heavy atom. The van der Waals surface area contributed by atoms with Gasteiger partial charge in [-0.05, 0) is 49.2 Å². The molecule has 6 nitrogen and oxygen atoms in total. The van der Waals surface area contributed by atoms with Crippen LogP contribution in [0.1, 0.15) is 17.5 Å². The van der Waals surface area contributed by atoms with E-state index in [0.717, 1.165) is 11.1 Å². The Hall–Kier alpha value is -2.86. The molecule has 0 aliphatic carbocycles. The van der Waals surface area contributed by atoms with Crippen molar-refractivity contribution < 1.29 is 19.4 Å². The number of aryl methyl sites for hydroxylation is 2. The minimum atomic E-state index is -0.775. The third-order valence-electron chi connectivity index (χ3n) is 4.54. The van der Waals surface area contributed by atoms with E-state index in [2.05, 4.69) is 5.32 Å². The number of β-amino-alcohol motifs (C(OH)–C–C–N with tert-alkyl or cyclic N) is 1. The Morgan fingerprint density at radius 1 is 1.12 bits per heavy atom. The minimum Gasteiger partial charge on any atom is -0.410 e. The largest absolute Gasteiger partial charge is 0.416 e. The van der Waals surface area contributed by atoms with Gasteiger partial charge in [-0.25, -0.2) is 4.79 Å². The Balaban J connectivity index is 1.71. The van der Waals surface area contributed by atoms with Crippen LogP contribution < -0.4 is 10.1 Å². The van der Waals surface area contributed by atoms with E-state index in [-0.39, 0.29) is 18.9 Å². The van der Waals surface area contributed by atoms with Gasteiger partial charge >= 0.3 is 6.09 Å². The maximum Gasteiger partial charge on any atom is 0.416 e. The van der Waals surface area contributed by atoms with Crippen molar-refractivity contribution >= 4 is 17.7 Å². The molecule has 2 atom stereocenters. The first-order valence-electron chi connectivity index (χ1n) is 8.53. The topological polar surface area (TPSA) is 78.9 Å². The summed E-state index contributed by atoms with van der Waals surface area (Å²) in [4.78, 5) is 26.4. The Morgan fingerprint density at radius 2 is 1.85 bits per heavy atom. The SMILES string of the molecule is Cc1ccc(NC(=O)[C@@H]2C[C@@H](O)CN2C(=O)Oc2ccccc2)cc1C. The van der Waals surface area contributed by atoms with E-state index in [1.807, 2.05) is 38.1 Å². The lowest BCUT2D eigenvalue weighted by Gasteiger charge is -2.23. The van der Waals surface area contributed by atoms with E-state index in [1.165, 1.54) is 4.90 Å². The second-order valence-corrected chi connectivity index (χ2v) is 6.53. The standard InChI is InChI=1S/C20H22N2O4/c1-13-8-9-15(10-14(13)2)21-19(24)18-11-16(23)12-22(18)20(25)26-17-6-4-3-5-7-17/h3-10,16,18,23H,11-12H2,1-2H3,(H,21,24)/t16-,18+/m1/s1. The van der Waals surface area contributed by atoms with Crippen LogP contribution in [0.15, 0.2) is 48.5 Å². The first-order valence-corrected chi connectivity index (χ1v) is 8.53. The Kier molecular flexibility index (Phi) is 5.23. The average Bonchev–Trinajstić information content (AvgIpc) is 3.01. The number of benzene rings is 2. The lowest BCUT2D eigenvalue weighted by molar-refractivity contribution is -0.119. The molecular formula is C20H22N2O4. The van der Waals surface area contributed by atoms with Crippen molar-refractivity contribution in [3.63, 3.8) is 0 Å². The van der Waals surface area contributed by atoms with Crippen molar-refractivity contribution in [3.05, 3.63) is 59.7 Å². The van der Waals surface area contributed by atoms with Crippen LogP contribution in [0.3, 0.4) is 0 Å². The maximum absolute atomic E-state index is 12.7. The van der Waals surface area contributed by atoms with Crippen LogP contribution in [0, 0.1) is 13.8 Å². The number of hydrogen-bond donors (Lipinski definition) is 2. The molecule has 2 aromatic rings. The van der Waals surface area contributed by atoms with Crippen molar-refractivity contribution in [2.24, 2.45) is 0 Å². The number of hydrogen-bond acceptors (Lipinski definition) is 4. The number of likely N-dealkylation sites (tertiary alicyclic amines) is 1. The quantitative estimate of drug-likeness (QED) is 0.888. The van der Waals surface area contributed by atoms with Gasteiger partial charge in [0.2, 0.25) is 5.91 Å². The summed E-state index contributed by atoms with van der Waals surface area (Å²) in [5.41, 5.74) is 2.86. The van der Waals surface area contributed by atoms with Crippen molar-refractivity contribution in [1.29, 1.82) is 0 Å². The number of carbonyl (C=O) groups excluding carboxylic acids is 2. The average molecular weight is 354 g/mol. The highest BCUT2D eigenvalue weighted by atomic mass is 16.6. The predicted octanol–water partition coefficient (Wildman–Crippen LogP) is 2.88.